The van der Waals surface area contributed by atoms with Gasteiger partial charge in [-0.3, -0.25) is 0 Å². The van der Waals surface area contributed by atoms with Crippen LogP contribution in [-0.2, 0) is 0 Å². The summed E-state index contributed by atoms with van der Waals surface area (Å²) < 4.78 is 2.53. The standard InChI is InChI=1S/C11H9BrOSe/c1-7-6-8(13)2-3-9(7)11-10(12)4-5-14-11/h2-6,13H,1H3. The van der Waals surface area contributed by atoms with Crippen molar-refractivity contribution in [2.24, 2.45) is 0 Å². The van der Waals surface area contributed by atoms with E-state index < -0.39 is 0 Å². The molecule has 0 aliphatic heterocycles. The van der Waals surface area contributed by atoms with Crippen molar-refractivity contribution in [1.82, 2.24) is 0 Å². The van der Waals surface area contributed by atoms with Crippen LogP contribution >= 0.6 is 15.9 Å². The number of aromatic hydroxyl groups is 1. The van der Waals surface area contributed by atoms with Gasteiger partial charge in [-0.15, -0.1) is 0 Å². The topological polar surface area (TPSA) is 20.2 Å². The molecule has 0 spiro atoms. The van der Waals surface area contributed by atoms with E-state index in [4.69, 9.17) is 0 Å². The van der Waals surface area contributed by atoms with E-state index in [9.17, 15) is 5.11 Å². The van der Waals surface area contributed by atoms with E-state index in [0.717, 1.165) is 5.56 Å². The number of aryl methyl sites for hydroxylation is 1. The summed E-state index contributed by atoms with van der Waals surface area (Å²) in [5, 5.41) is 9.31. The first-order chi connectivity index (χ1) is 6.68. The van der Waals surface area contributed by atoms with E-state index in [1.54, 1.807) is 12.1 Å². The Kier molecular flexibility index (Phi) is 2.82. The molecule has 1 N–H and O–H groups in total. The fourth-order valence-corrected chi connectivity index (χ4v) is 4.45. The molecule has 0 saturated heterocycles. The number of benzene rings is 1. The molecule has 2 aromatic rings. The van der Waals surface area contributed by atoms with Crippen molar-refractivity contribution in [3.63, 3.8) is 0 Å². The molecule has 0 aliphatic carbocycles. The van der Waals surface area contributed by atoms with E-state index in [1.807, 2.05) is 13.0 Å². The quantitative estimate of drug-likeness (QED) is 0.801. The number of hydrogen-bond donors (Lipinski definition) is 1. The van der Waals surface area contributed by atoms with E-state index in [0.29, 0.717) is 20.3 Å². The van der Waals surface area contributed by atoms with Gasteiger partial charge < -0.3 is 0 Å². The van der Waals surface area contributed by atoms with Crippen LogP contribution in [0.5, 0.6) is 5.75 Å². The number of phenols is 1. The molecule has 0 amide bonds. The van der Waals surface area contributed by atoms with Crippen LogP contribution in [0.25, 0.3) is 10.0 Å². The molecule has 1 aromatic carbocycles. The first-order valence-electron chi connectivity index (χ1n) is 4.21. The van der Waals surface area contributed by atoms with Gasteiger partial charge >= 0.3 is 97.5 Å². The number of rotatable bonds is 1. The van der Waals surface area contributed by atoms with Crippen molar-refractivity contribution in [3.05, 3.63) is 39.2 Å². The molecule has 0 bridgehead atoms. The normalized spacial score (nSPS) is 10.4. The van der Waals surface area contributed by atoms with Crippen LogP contribution in [0.2, 0.25) is 0 Å². The molecular weight excluding hydrogens is 307 g/mol. The van der Waals surface area contributed by atoms with Gasteiger partial charge in [-0.25, -0.2) is 0 Å². The van der Waals surface area contributed by atoms with E-state index >= 15 is 0 Å². The zero-order valence-corrected chi connectivity index (χ0v) is 10.9. The Morgan fingerprint density at radius 2 is 2.07 bits per heavy atom. The minimum atomic E-state index is 0.335. The Morgan fingerprint density at radius 3 is 2.64 bits per heavy atom. The maximum absolute atomic E-state index is 9.31. The second-order valence-corrected chi connectivity index (χ2v) is 5.87. The Hall–Kier alpha value is -0.501. The average molecular weight is 316 g/mol. The summed E-state index contributed by atoms with van der Waals surface area (Å²) in [5.41, 5.74) is 2.36. The maximum atomic E-state index is 9.31. The van der Waals surface area contributed by atoms with Gasteiger partial charge in [0.05, 0.1) is 0 Å². The molecule has 0 atom stereocenters. The van der Waals surface area contributed by atoms with Crippen molar-refractivity contribution in [2.45, 2.75) is 6.92 Å². The van der Waals surface area contributed by atoms with Gasteiger partial charge in [0, 0.05) is 0 Å². The summed E-state index contributed by atoms with van der Waals surface area (Å²) >= 11 is 3.96. The molecule has 1 nitrogen and oxygen atoms in total. The molecule has 2 rings (SSSR count). The van der Waals surface area contributed by atoms with Crippen molar-refractivity contribution < 1.29 is 5.11 Å². The molecule has 0 aliphatic rings. The monoisotopic (exact) mass is 316 g/mol. The number of phenolic OH excluding ortho intramolecular Hbond substituents is 1. The molecule has 3 heteroatoms. The molecule has 1 heterocycles. The summed E-state index contributed by atoms with van der Waals surface area (Å²) in [6.45, 7) is 2.02. The Balaban J connectivity index is 2.58. The predicted molar refractivity (Wildman–Crippen MR) is 62.9 cm³/mol. The molecular formula is C11H9BrOSe. The molecule has 0 radical (unpaired) electrons. The van der Waals surface area contributed by atoms with Gasteiger partial charge in [-0.1, -0.05) is 0 Å². The van der Waals surface area contributed by atoms with Gasteiger partial charge in [0.2, 0.25) is 0 Å². The summed E-state index contributed by atoms with van der Waals surface area (Å²) in [7, 11) is 0. The van der Waals surface area contributed by atoms with E-state index in [-0.39, 0.29) is 0 Å². The minimum absolute atomic E-state index is 0.335. The van der Waals surface area contributed by atoms with Gasteiger partial charge in [0.15, 0.2) is 0 Å². The fourth-order valence-electron chi connectivity index (χ4n) is 1.39. The van der Waals surface area contributed by atoms with Crippen LogP contribution in [0, 0.1) is 6.92 Å². The first kappa shape index (κ1) is 10.0. The Bertz CT molecular complexity index is 462. The second kappa shape index (κ2) is 3.93. The SMILES string of the molecule is Cc1cc(O)ccc1-c1[se]ccc1Br. The average Bonchev–Trinajstić information content (AvgIpc) is 2.52. The van der Waals surface area contributed by atoms with Crippen LogP contribution in [0.15, 0.2) is 33.7 Å². The van der Waals surface area contributed by atoms with E-state index in [2.05, 4.69) is 26.9 Å². The third kappa shape index (κ3) is 1.81. The van der Waals surface area contributed by atoms with Crippen LogP contribution < -0.4 is 0 Å². The Labute approximate surface area is 97.3 Å². The fraction of sp³-hybridized carbons (Fsp3) is 0.0909. The summed E-state index contributed by atoms with van der Waals surface area (Å²) in [4.78, 5) is 2.19. The van der Waals surface area contributed by atoms with Crippen molar-refractivity contribution in [2.75, 3.05) is 0 Å². The van der Waals surface area contributed by atoms with Gasteiger partial charge in [0.25, 0.3) is 0 Å². The number of hydrogen-bond acceptors (Lipinski definition) is 1. The van der Waals surface area contributed by atoms with Crippen LogP contribution in [0.3, 0.4) is 0 Å². The summed E-state index contributed by atoms with van der Waals surface area (Å²) in [6.07, 6.45) is 0. The molecule has 0 fully saturated rings. The van der Waals surface area contributed by atoms with Crippen LogP contribution in [0.1, 0.15) is 5.56 Å². The zero-order valence-electron chi connectivity index (χ0n) is 7.62. The van der Waals surface area contributed by atoms with Gasteiger partial charge in [-0.05, 0) is 0 Å². The van der Waals surface area contributed by atoms with Crippen LogP contribution in [0.4, 0.5) is 0 Å². The first-order valence-corrected chi connectivity index (χ1v) is 6.85. The van der Waals surface area contributed by atoms with Crippen molar-refractivity contribution >= 4 is 30.4 Å². The molecule has 0 unspecified atom stereocenters. The third-order valence-electron chi connectivity index (χ3n) is 2.07. The molecule has 72 valence electrons. The van der Waals surface area contributed by atoms with Crippen molar-refractivity contribution in [1.29, 1.82) is 0 Å². The van der Waals surface area contributed by atoms with Crippen LogP contribution in [-0.4, -0.2) is 19.6 Å². The van der Waals surface area contributed by atoms with Crippen molar-refractivity contribution in [3.8, 4) is 15.8 Å². The number of halogens is 1. The molecule has 14 heavy (non-hydrogen) atoms. The zero-order chi connectivity index (χ0) is 10.1. The Morgan fingerprint density at radius 1 is 1.29 bits per heavy atom. The molecule has 1 aromatic heterocycles. The molecule has 0 saturated carbocycles. The summed E-state index contributed by atoms with van der Waals surface area (Å²) in [5.74, 6) is 0.335. The van der Waals surface area contributed by atoms with Gasteiger partial charge in [0.1, 0.15) is 0 Å². The van der Waals surface area contributed by atoms with E-state index in [1.165, 1.54) is 14.5 Å². The van der Waals surface area contributed by atoms with Gasteiger partial charge in [-0.2, -0.15) is 0 Å². The summed E-state index contributed by atoms with van der Waals surface area (Å²) in [6, 6.07) is 7.62. The second-order valence-electron chi connectivity index (χ2n) is 3.10. The predicted octanol–water partition coefficient (Wildman–Crippen LogP) is 3.19. The third-order valence-corrected chi connectivity index (χ3v) is 5.31.